The van der Waals surface area contributed by atoms with Crippen molar-refractivity contribution in [3.8, 4) is 11.3 Å². The Morgan fingerprint density at radius 1 is 1.30 bits per heavy atom. The molecule has 11 heteroatoms. The van der Waals surface area contributed by atoms with Gasteiger partial charge in [-0.1, -0.05) is 13.0 Å². The summed E-state index contributed by atoms with van der Waals surface area (Å²) in [6.45, 7) is 5.58. The van der Waals surface area contributed by atoms with E-state index in [-0.39, 0.29) is 17.8 Å². The van der Waals surface area contributed by atoms with Gasteiger partial charge in [0.1, 0.15) is 0 Å². The third kappa shape index (κ3) is 4.16. The van der Waals surface area contributed by atoms with Gasteiger partial charge in [-0.2, -0.15) is 18.3 Å². The maximum Gasteiger partial charge on any atom is 0.435 e. The summed E-state index contributed by atoms with van der Waals surface area (Å²) in [6, 6.07) is 5.07. The van der Waals surface area contributed by atoms with E-state index in [0.29, 0.717) is 29.1 Å². The molecule has 4 aromatic rings. The van der Waals surface area contributed by atoms with Gasteiger partial charge in [0.2, 0.25) is 5.91 Å². The fraction of sp³-hybridized carbons (Fsp3) is 0.182. The van der Waals surface area contributed by atoms with Gasteiger partial charge in [0.05, 0.1) is 24.0 Å². The van der Waals surface area contributed by atoms with Crippen LogP contribution >= 0.6 is 0 Å². The van der Waals surface area contributed by atoms with Crippen LogP contribution in [0.15, 0.2) is 55.6 Å². The van der Waals surface area contributed by atoms with Crippen LogP contribution in [0.25, 0.3) is 16.9 Å². The zero-order valence-electron chi connectivity index (χ0n) is 17.6. The first-order chi connectivity index (χ1) is 15.7. The van der Waals surface area contributed by atoms with Crippen molar-refractivity contribution in [3.05, 3.63) is 72.5 Å². The number of carbonyl (C=O) groups is 1. The molecule has 1 aromatic carbocycles. The van der Waals surface area contributed by atoms with Crippen LogP contribution in [0.3, 0.4) is 0 Å². The Morgan fingerprint density at radius 3 is 2.76 bits per heavy atom. The van der Waals surface area contributed by atoms with E-state index in [9.17, 15) is 18.0 Å². The highest BCUT2D eigenvalue weighted by Gasteiger charge is 2.38. The number of hydrogen-bond donors (Lipinski definition) is 2. The quantitative estimate of drug-likeness (QED) is 0.407. The molecule has 4 rings (SSSR count). The lowest BCUT2D eigenvalue weighted by Gasteiger charge is -2.11. The minimum absolute atomic E-state index is 0.104. The lowest BCUT2D eigenvalue weighted by atomic mass is 10.0. The lowest BCUT2D eigenvalue weighted by Crippen LogP contribution is -2.13. The van der Waals surface area contributed by atoms with E-state index in [1.165, 1.54) is 39.9 Å². The molecule has 3 aromatic heterocycles. The summed E-state index contributed by atoms with van der Waals surface area (Å²) in [7, 11) is 0. The van der Waals surface area contributed by atoms with Crippen LogP contribution in [-0.2, 0) is 19.1 Å². The number of allylic oxidation sites excluding steroid dienone is 1. The molecule has 0 aliphatic rings. The molecule has 0 unspecified atom stereocenters. The highest BCUT2D eigenvalue weighted by molar-refractivity contribution is 5.95. The number of amides is 1. The number of aryl methyl sites for hydroxylation is 1. The SMILES string of the molecule is C=CCn1cc(-c2cnc3c(Nc4ccc(C(N)=O)c(CC)c4)nccn23)c(C(F)(F)F)n1. The number of carbonyl (C=O) groups excluding carboxylic acids is 1. The van der Waals surface area contributed by atoms with Crippen molar-refractivity contribution in [2.75, 3.05) is 5.32 Å². The fourth-order valence-corrected chi connectivity index (χ4v) is 3.59. The molecule has 8 nitrogen and oxygen atoms in total. The van der Waals surface area contributed by atoms with Gasteiger partial charge >= 0.3 is 6.18 Å². The minimum atomic E-state index is -4.64. The van der Waals surface area contributed by atoms with Crippen LogP contribution in [0.5, 0.6) is 0 Å². The number of halogens is 3. The molecular weight excluding hydrogens is 435 g/mol. The van der Waals surface area contributed by atoms with Crippen molar-refractivity contribution < 1.29 is 18.0 Å². The largest absolute Gasteiger partial charge is 0.435 e. The summed E-state index contributed by atoms with van der Waals surface area (Å²) in [4.78, 5) is 20.2. The number of benzene rings is 1. The summed E-state index contributed by atoms with van der Waals surface area (Å²) in [5.74, 6) is -0.182. The molecule has 33 heavy (non-hydrogen) atoms. The van der Waals surface area contributed by atoms with Crippen LogP contribution in [0.1, 0.15) is 28.5 Å². The van der Waals surface area contributed by atoms with Gasteiger partial charge in [0.25, 0.3) is 0 Å². The molecule has 0 saturated carbocycles. The van der Waals surface area contributed by atoms with Crippen molar-refractivity contribution in [2.24, 2.45) is 5.73 Å². The molecule has 0 fully saturated rings. The van der Waals surface area contributed by atoms with Crippen LogP contribution in [0.4, 0.5) is 24.7 Å². The summed E-state index contributed by atoms with van der Waals surface area (Å²) in [5.41, 5.74) is 6.66. The molecule has 170 valence electrons. The van der Waals surface area contributed by atoms with Gasteiger partial charge in [-0.05, 0) is 30.2 Å². The predicted octanol–water partition coefficient (Wildman–Crippen LogP) is 4.20. The Hall–Kier alpha value is -4.15. The second-order valence-corrected chi connectivity index (χ2v) is 7.23. The van der Waals surface area contributed by atoms with Crippen LogP contribution in [0, 0.1) is 0 Å². The number of nitrogens with zero attached hydrogens (tertiary/aromatic N) is 5. The van der Waals surface area contributed by atoms with Gasteiger partial charge in [0, 0.05) is 29.8 Å². The monoisotopic (exact) mass is 455 g/mol. The number of rotatable bonds is 7. The van der Waals surface area contributed by atoms with Crippen LogP contribution < -0.4 is 11.1 Å². The van der Waals surface area contributed by atoms with Crippen molar-refractivity contribution in [3.63, 3.8) is 0 Å². The van der Waals surface area contributed by atoms with Crippen molar-refractivity contribution in [2.45, 2.75) is 26.1 Å². The predicted molar refractivity (Wildman–Crippen MR) is 117 cm³/mol. The number of anilines is 2. The van der Waals surface area contributed by atoms with E-state index in [2.05, 4.69) is 27.0 Å². The summed E-state index contributed by atoms with van der Waals surface area (Å²) < 4.78 is 43.6. The first-order valence-electron chi connectivity index (χ1n) is 10.0. The molecule has 0 saturated heterocycles. The summed E-state index contributed by atoms with van der Waals surface area (Å²) in [6.07, 6.45) is 3.07. The Morgan fingerprint density at radius 2 is 2.09 bits per heavy atom. The second-order valence-electron chi connectivity index (χ2n) is 7.23. The van der Waals surface area contributed by atoms with E-state index in [1.54, 1.807) is 18.2 Å². The Bertz CT molecular complexity index is 1350. The summed E-state index contributed by atoms with van der Waals surface area (Å²) >= 11 is 0. The van der Waals surface area contributed by atoms with E-state index in [0.717, 1.165) is 5.56 Å². The Kier molecular flexibility index (Phi) is 5.62. The first kappa shape index (κ1) is 22.1. The highest BCUT2D eigenvalue weighted by Crippen LogP contribution is 2.37. The normalized spacial score (nSPS) is 11.6. The smallest absolute Gasteiger partial charge is 0.366 e. The van der Waals surface area contributed by atoms with Crippen molar-refractivity contribution in [1.82, 2.24) is 24.1 Å². The maximum absolute atomic E-state index is 13.6. The zero-order valence-corrected chi connectivity index (χ0v) is 17.6. The van der Waals surface area contributed by atoms with E-state index in [4.69, 9.17) is 5.73 Å². The van der Waals surface area contributed by atoms with Crippen molar-refractivity contribution in [1.29, 1.82) is 0 Å². The molecule has 0 bridgehead atoms. The van der Waals surface area contributed by atoms with Gasteiger partial charge in [-0.15, -0.1) is 6.58 Å². The third-order valence-electron chi connectivity index (χ3n) is 5.06. The van der Waals surface area contributed by atoms with Gasteiger partial charge in [0.15, 0.2) is 17.2 Å². The van der Waals surface area contributed by atoms with Gasteiger partial charge in [-0.25, -0.2) is 9.97 Å². The average Bonchev–Trinajstić information content (AvgIpc) is 3.38. The lowest BCUT2D eigenvalue weighted by molar-refractivity contribution is -0.141. The number of nitrogens with one attached hydrogen (secondary N) is 1. The maximum atomic E-state index is 13.6. The first-order valence-corrected chi connectivity index (χ1v) is 10.0. The molecule has 3 N–H and O–H groups in total. The Labute approximate surface area is 186 Å². The molecule has 0 aliphatic carbocycles. The van der Waals surface area contributed by atoms with E-state index < -0.39 is 17.8 Å². The third-order valence-corrected chi connectivity index (χ3v) is 5.06. The zero-order chi connectivity index (χ0) is 23.8. The number of imidazole rings is 1. The average molecular weight is 455 g/mol. The van der Waals surface area contributed by atoms with Crippen LogP contribution in [-0.4, -0.2) is 30.1 Å². The number of alkyl halides is 3. The molecule has 0 atom stereocenters. The molecule has 0 spiro atoms. The highest BCUT2D eigenvalue weighted by atomic mass is 19.4. The summed E-state index contributed by atoms with van der Waals surface area (Å²) in [5, 5.41) is 6.80. The van der Waals surface area contributed by atoms with E-state index in [1.807, 2.05) is 6.92 Å². The number of nitrogens with two attached hydrogens (primary N) is 1. The molecule has 0 radical (unpaired) electrons. The number of aromatic nitrogens is 5. The number of fused-ring (bicyclic) bond motifs is 1. The standard InChI is InChI=1S/C22H20F3N7O/c1-3-8-31-12-16(18(30-31)22(23,24)25)17-11-28-21-20(27-7-9-32(17)21)29-14-5-6-15(19(26)33)13(4-2)10-14/h3,5-7,9-12H,1,4,8H2,2H3,(H2,26,33)(H,27,29). The van der Waals surface area contributed by atoms with Gasteiger partial charge in [-0.3, -0.25) is 13.9 Å². The minimum Gasteiger partial charge on any atom is -0.366 e. The van der Waals surface area contributed by atoms with E-state index >= 15 is 0 Å². The molecule has 1 amide bonds. The molecule has 3 heterocycles. The molecule has 0 aliphatic heterocycles. The Balaban J connectivity index is 1.77. The van der Waals surface area contributed by atoms with Crippen molar-refractivity contribution >= 4 is 23.1 Å². The second kappa shape index (κ2) is 8.41. The topological polar surface area (TPSA) is 103 Å². The van der Waals surface area contributed by atoms with Crippen LogP contribution in [0.2, 0.25) is 0 Å². The van der Waals surface area contributed by atoms with Gasteiger partial charge < -0.3 is 11.1 Å². The number of hydrogen-bond acceptors (Lipinski definition) is 5. The molecular formula is C22H20F3N7O. The fourth-order valence-electron chi connectivity index (χ4n) is 3.59. The number of primary amides is 1.